The average molecular weight is 345 g/mol. The number of amides is 1. The van der Waals surface area contributed by atoms with Crippen LogP contribution in [0.5, 0.6) is 0 Å². The number of hydrogen-bond donors (Lipinski definition) is 2. The van der Waals surface area contributed by atoms with Crippen LogP contribution < -0.4 is 5.32 Å². The van der Waals surface area contributed by atoms with Crippen LogP contribution in [-0.4, -0.2) is 30.1 Å². The minimum absolute atomic E-state index is 0.00309. The van der Waals surface area contributed by atoms with Gasteiger partial charge in [0.15, 0.2) is 0 Å². The second kappa shape index (κ2) is 8.48. The highest BCUT2D eigenvalue weighted by Crippen LogP contribution is 2.34. The summed E-state index contributed by atoms with van der Waals surface area (Å²) < 4.78 is 5.97. The van der Waals surface area contributed by atoms with Crippen molar-refractivity contribution in [3.8, 4) is 0 Å². The molecule has 25 heavy (non-hydrogen) atoms. The van der Waals surface area contributed by atoms with Crippen LogP contribution in [0, 0.1) is 17.8 Å². The molecule has 5 heteroatoms. The van der Waals surface area contributed by atoms with Gasteiger partial charge in [-0.3, -0.25) is 9.59 Å². The van der Waals surface area contributed by atoms with Crippen molar-refractivity contribution in [1.82, 2.24) is 5.32 Å². The molecule has 1 saturated heterocycles. The normalized spacial score (nSPS) is 29.8. The van der Waals surface area contributed by atoms with E-state index in [2.05, 4.69) is 17.4 Å². The van der Waals surface area contributed by atoms with Crippen LogP contribution in [0.2, 0.25) is 0 Å². The van der Waals surface area contributed by atoms with Crippen molar-refractivity contribution in [1.29, 1.82) is 0 Å². The van der Waals surface area contributed by atoms with Crippen LogP contribution in [0.3, 0.4) is 0 Å². The SMILES string of the molecule is O=C(O)C1CCCC(C(=O)NCC2CCCOC2c2ccccc2)C1. The Balaban J connectivity index is 1.56. The lowest BCUT2D eigenvalue weighted by Gasteiger charge is -2.33. The number of hydrogen-bond acceptors (Lipinski definition) is 3. The third kappa shape index (κ3) is 4.60. The molecule has 1 aromatic carbocycles. The first-order valence-electron chi connectivity index (χ1n) is 9.32. The summed E-state index contributed by atoms with van der Waals surface area (Å²) in [6.07, 6.45) is 4.81. The van der Waals surface area contributed by atoms with E-state index in [1.165, 1.54) is 0 Å². The second-order valence-electron chi connectivity index (χ2n) is 7.25. The number of carbonyl (C=O) groups excluding carboxylic acids is 1. The highest BCUT2D eigenvalue weighted by molar-refractivity contribution is 5.80. The molecular formula is C20H27NO4. The van der Waals surface area contributed by atoms with Gasteiger partial charge in [-0.05, 0) is 37.7 Å². The van der Waals surface area contributed by atoms with E-state index in [-0.39, 0.29) is 29.8 Å². The number of aliphatic carboxylic acids is 1. The number of ether oxygens (including phenoxy) is 1. The van der Waals surface area contributed by atoms with Gasteiger partial charge >= 0.3 is 5.97 Å². The first kappa shape index (κ1) is 17.9. The van der Waals surface area contributed by atoms with Crippen molar-refractivity contribution in [2.75, 3.05) is 13.2 Å². The quantitative estimate of drug-likeness (QED) is 0.859. The molecule has 4 unspecified atom stereocenters. The van der Waals surface area contributed by atoms with Crippen LogP contribution in [0.25, 0.3) is 0 Å². The summed E-state index contributed by atoms with van der Waals surface area (Å²) in [4.78, 5) is 23.7. The first-order valence-corrected chi connectivity index (χ1v) is 9.32. The third-order valence-electron chi connectivity index (χ3n) is 5.51. The molecule has 1 aromatic rings. The van der Waals surface area contributed by atoms with Crippen molar-refractivity contribution < 1.29 is 19.4 Å². The Morgan fingerprint density at radius 3 is 2.60 bits per heavy atom. The Labute approximate surface area is 148 Å². The van der Waals surface area contributed by atoms with Crippen molar-refractivity contribution in [3.63, 3.8) is 0 Å². The van der Waals surface area contributed by atoms with Crippen LogP contribution in [0.15, 0.2) is 30.3 Å². The van der Waals surface area contributed by atoms with Crippen molar-refractivity contribution in [2.24, 2.45) is 17.8 Å². The highest BCUT2D eigenvalue weighted by Gasteiger charge is 2.32. The van der Waals surface area contributed by atoms with Crippen LogP contribution in [0.4, 0.5) is 0 Å². The Hall–Kier alpha value is -1.88. The van der Waals surface area contributed by atoms with E-state index < -0.39 is 5.97 Å². The lowest BCUT2D eigenvalue weighted by molar-refractivity contribution is -0.144. The lowest BCUT2D eigenvalue weighted by Crippen LogP contribution is -2.40. The number of rotatable bonds is 5. The van der Waals surface area contributed by atoms with Gasteiger partial charge in [-0.25, -0.2) is 0 Å². The maximum atomic E-state index is 12.5. The van der Waals surface area contributed by atoms with Gasteiger partial charge in [0.05, 0.1) is 12.0 Å². The van der Waals surface area contributed by atoms with Crippen LogP contribution in [-0.2, 0) is 14.3 Å². The van der Waals surface area contributed by atoms with E-state index in [1.54, 1.807) is 0 Å². The fourth-order valence-corrected chi connectivity index (χ4v) is 4.09. The molecule has 0 spiro atoms. The van der Waals surface area contributed by atoms with E-state index in [1.807, 2.05) is 18.2 Å². The van der Waals surface area contributed by atoms with Gasteiger partial charge in [0, 0.05) is 25.0 Å². The lowest BCUT2D eigenvalue weighted by atomic mass is 9.81. The number of carboxylic acids is 1. The molecule has 2 aliphatic rings. The average Bonchev–Trinajstić information content (AvgIpc) is 2.67. The summed E-state index contributed by atoms with van der Waals surface area (Å²) in [5, 5.41) is 12.3. The zero-order valence-corrected chi connectivity index (χ0v) is 14.5. The second-order valence-corrected chi connectivity index (χ2v) is 7.25. The van der Waals surface area contributed by atoms with E-state index in [0.717, 1.165) is 37.9 Å². The molecule has 1 aliphatic heterocycles. The van der Waals surface area contributed by atoms with Crippen LogP contribution >= 0.6 is 0 Å². The van der Waals surface area contributed by atoms with E-state index in [9.17, 15) is 14.7 Å². The van der Waals surface area contributed by atoms with E-state index >= 15 is 0 Å². The minimum atomic E-state index is -0.776. The maximum absolute atomic E-state index is 12.5. The molecule has 2 fully saturated rings. The molecule has 3 rings (SSSR count). The van der Waals surface area contributed by atoms with Crippen molar-refractivity contribution >= 4 is 11.9 Å². The number of benzene rings is 1. The zero-order valence-electron chi connectivity index (χ0n) is 14.5. The fraction of sp³-hybridized carbons (Fsp3) is 0.600. The van der Waals surface area contributed by atoms with Crippen LogP contribution in [0.1, 0.15) is 50.2 Å². The molecule has 4 atom stereocenters. The van der Waals surface area contributed by atoms with Gasteiger partial charge in [0.1, 0.15) is 0 Å². The van der Waals surface area contributed by atoms with Crippen molar-refractivity contribution in [2.45, 2.75) is 44.6 Å². The standard InChI is InChI=1S/C20H27NO4/c22-19(15-8-4-9-16(12-15)20(23)24)21-13-17-10-5-11-25-18(17)14-6-2-1-3-7-14/h1-3,6-7,15-18H,4-5,8-13H2,(H,21,22)(H,23,24). The van der Waals surface area contributed by atoms with E-state index in [0.29, 0.717) is 19.4 Å². The van der Waals surface area contributed by atoms with Crippen molar-refractivity contribution in [3.05, 3.63) is 35.9 Å². The predicted octanol–water partition coefficient (Wildman–Crippen LogP) is 3.16. The Bertz CT molecular complexity index is 589. The Morgan fingerprint density at radius 2 is 1.84 bits per heavy atom. The van der Waals surface area contributed by atoms with Gasteiger partial charge in [-0.1, -0.05) is 36.8 Å². The molecule has 1 aliphatic carbocycles. The highest BCUT2D eigenvalue weighted by atomic mass is 16.5. The first-order chi connectivity index (χ1) is 12.1. The smallest absolute Gasteiger partial charge is 0.306 e. The zero-order chi connectivity index (χ0) is 17.6. The molecule has 1 saturated carbocycles. The Morgan fingerprint density at radius 1 is 1.08 bits per heavy atom. The summed E-state index contributed by atoms with van der Waals surface area (Å²) in [5.74, 6) is -1.06. The summed E-state index contributed by atoms with van der Waals surface area (Å²) in [7, 11) is 0. The van der Waals surface area contributed by atoms with E-state index in [4.69, 9.17) is 4.74 Å². The predicted molar refractivity (Wildman–Crippen MR) is 94.0 cm³/mol. The Kier molecular flexibility index (Phi) is 6.08. The largest absolute Gasteiger partial charge is 0.481 e. The van der Waals surface area contributed by atoms with Gasteiger partial charge < -0.3 is 15.2 Å². The molecule has 0 bridgehead atoms. The molecule has 0 radical (unpaired) electrons. The number of carboxylic acid groups (broad SMARTS) is 1. The fourth-order valence-electron chi connectivity index (χ4n) is 4.09. The molecule has 1 amide bonds. The number of carbonyl (C=O) groups is 2. The van der Waals surface area contributed by atoms with Gasteiger partial charge in [0.25, 0.3) is 0 Å². The third-order valence-corrected chi connectivity index (χ3v) is 5.51. The summed E-state index contributed by atoms with van der Waals surface area (Å²) in [6, 6.07) is 10.2. The molecule has 5 nitrogen and oxygen atoms in total. The molecular weight excluding hydrogens is 318 g/mol. The summed E-state index contributed by atoms with van der Waals surface area (Å²) >= 11 is 0. The minimum Gasteiger partial charge on any atom is -0.481 e. The topological polar surface area (TPSA) is 75.6 Å². The monoisotopic (exact) mass is 345 g/mol. The summed E-state index contributed by atoms with van der Waals surface area (Å²) in [6.45, 7) is 1.35. The molecule has 0 aromatic heterocycles. The van der Waals surface area contributed by atoms with Gasteiger partial charge in [-0.2, -0.15) is 0 Å². The molecule has 136 valence electrons. The maximum Gasteiger partial charge on any atom is 0.306 e. The molecule has 1 heterocycles. The summed E-state index contributed by atoms with van der Waals surface area (Å²) in [5.41, 5.74) is 1.16. The van der Waals surface area contributed by atoms with Gasteiger partial charge in [0.2, 0.25) is 5.91 Å². The van der Waals surface area contributed by atoms with Gasteiger partial charge in [-0.15, -0.1) is 0 Å². The molecule has 2 N–H and O–H groups in total. The number of nitrogens with one attached hydrogen (secondary N) is 1.